The molecule has 0 amide bonds. The van der Waals surface area contributed by atoms with Crippen molar-refractivity contribution in [1.82, 2.24) is 4.57 Å². The van der Waals surface area contributed by atoms with E-state index in [4.69, 9.17) is 0 Å². The summed E-state index contributed by atoms with van der Waals surface area (Å²) < 4.78 is 2.50. The molecule has 40 heavy (non-hydrogen) atoms. The normalized spacial score (nSPS) is 16.4. The largest absolute Gasteiger partial charge is 0.341 e. The van der Waals surface area contributed by atoms with Gasteiger partial charge < -0.3 is 9.47 Å². The molecule has 5 aromatic carbocycles. The maximum Gasteiger partial charge on any atom is 0.0560 e. The van der Waals surface area contributed by atoms with E-state index in [1.807, 2.05) is 0 Å². The number of allylic oxidation sites excluding steroid dienone is 4. The van der Waals surface area contributed by atoms with E-state index in [9.17, 15) is 0 Å². The van der Waals surface area contributed by atoms with Gasteiger partial charge in [-0.15, -0.1) is 0 Å². The van der Waals surface area contributed by atoms with Crippen molar-refractivity contribution in [3.63, 3.8) is 0 Å². The van der Waals surface area contributed by atoms with Crippen LogP contribution in [0.2, 0.25) is 0 Å². The van der Waals surface area contributed by atoms with Gasteiger partial charge in [0.15, 0.2) is 0 Å². The molecule has 1 aromatic heterocycles. The first-order chi connectivity index (χ1) is 19.8. The molecule has 1 atom stereocenters. The molecule has 192 valence electrons. The Bertz CT molecular complexity index is 1870. The fourth-order valence-corrected chi connectivity index (χ4v) is 6.62. The third-order valence-electron chi connectivity index (χ3n) is 8.64. The average Bonchev–Trinajstić information content (AvgIpc) is 3.61. The number of rotatable bonds is 4. The number of hydrogen-bond donors (Lipinski definition) is 0. The molecule has 0 saturated heterocycles. The molecule has 2 heterocycles. The van der Waals surface area contributed by atoms with Crippen LogP contribution in [-0.4, -0.2) is 11.1 Å². The van der Waals surface area contributed by atoms with Gasteiger partial charge in [-0.3, -0.25) is 0 Å². The Morgan fingerprint density at radius 2 is 1.18 bits per heavy atom. The van der Waals surface area contributed by atoms with E-state index < -0.39 is 0 Å². The highest BCUT2D eigenvalue weighted by Gasteiger charge is 2.20. The van der Waals surface area contributed by atoms with Gasteiger partial charge in [0, 0.05) is 39.7 Å². The summed E-state index contributed by atoms with van der Waals surface area (Å²) in [5.74, 6) is 0. The minimum Gasteiger partial charge on any atom is -0.341 e. The van der Waals surface area contributed by atoms with E-state index >= 15 is 0 Å². The van der Waals surface area contributed by atoms with Gasteiger partial charge in [-0.1, -0.05) is 109 Å². The highest BCUT2D eigenvalue weighted by atomic mass is 15.2. The zero-order valence-corrected chi connectivity index (χ0v) is 22.4. The fourth-order valence-electron chi connectivity index (χ4n) is 6.62. The summed E-state index contributed by atoms with van der Waals surface area (Å²) in [6.07, 6.45) is 9.17. The zero-order valence-electron chi connectivity index (χ0n) is 22.4. The van der Waals surface area contributed by atoms with Crippen LogP contribution in [0, 0.1) is 0 Å². The van der Waals surface area contributed by atoms with Crippen LogP contribution in [0.25, 0.3) is 38.5 Å². The van der Waals surface area contributed by atoms with Crippen LogP contribution < -0.4 is 4.90 Å². The third-order valence-corrected chi connectivity index (χ3v) is 8.64. The summed E-state index contributed by atoms with van der Waals surface area (Å²) >= 11 is 0. The second-order valence-corrected chi connectivity index (χ2v) is 10.9. The molecule has 2 aliphatic rings. The molecule has 2 nitrogen and oxygen atoms in total. The summed E-state index contributed by atoms with van der Waals surface area (Å²) in [5.41, 5.74) is 11.7. The molecule has 1 aliphatic carbocycles. The minimum atomic E-state index is 0.314. The molecule has 1 aliphatic heterocycles. The lowest BCUT2D eigenvalue weighted by molar-refractivity contribution is 0.649. The molecule has 0 radical (unpaired) electrons. The Balaban J connectivity index is 1.02. The maximum atomic E-state index is 2.50. The summed E-state index contributed by atoms with van der Waals surface area (Å²) in [6.45, 7) is 1.05. The number of benzene rings is 5. The van der Waals surface area contributed by atoms with E-state index in [1.54, 1.807) is 0 Å². The van der Waals surface area contributed by atoms with E-state index in [0.29, 0.717) is 6.04 Å². The van der Waals surface area contributed by atoms with Gasteiger partial charge in [-0.05, 0) is 71.0 Å². The summed E-state index contributed by atoms with van der Waals surface area (Å²) in [6, 6.07) is 44.6. The molecule has 1 unspecified atom stereocenters. The van der Waals surface area contributed by atoms with Crippen LogP contribution in [-0.2, 0) is 6.42 Å². The van der Waals surface area contributed by atoms with Crippen LogP contribution in [0.5, 0.6) is 0 Å². The fraction of sp³-hybridized carbons (Fsp3) is 0.105. The third kappa shape index (κ3) is 3.79. The molecule has 0 fully saturated rings. The summed E-state index contributed by atoms with van der Waals surface area (Å²) in [4.78, 5) is 2.43. The second-order valence-electron chi connectivity index (χ2n) is 10.9. The van der Waals surface area contributed by atoms with Crippen molar-refractivity contribution < 1.29 is 0 Å². The quantitative estimate of drug-likeness (QED) is 0.227. The number of aromatic nitrogens is 1. The first-order valence-corrected chi connectivity index (χ1v) is 14.3. The van der Waals surface area contributed by atoms with Crippen LogP contribution in [0.1, 0.15) is 23.6 Å². The SMILES string of the molecule is C1=CC(n2c3ccccc3c3ccccc32)CC=C1c1ccc(-c2ccc(N3CCc4ccccc43)cc2)cc1. The zero-order chi connectivity index (χ0) is 26.5. The monoisotopic (exact) mass is 514 g/mol. The molecular formula is C38H30N2. The Kier molecular flexibility index (Phi) is 5.44. The van der Waals surface area contributed by atoms with Gasteiger partial charge in [-0.25, -0.2) is 0 Å². The van der Waals surface area contributed by atoms with Gasteiger partial charge in [0.25, 0.3) is 0 Å². The Labute approximate surface area is 235 Å². The van der Waals surface area contributed by atoms with Crippen molar-refractivity contribution in [2.24, 2.45) is 0 Å². The van der Waals surface area contributed by atoms with Crippen molar-refractivity contribution in [2.75, 3.05) is 11.4 Å². The molecule has 0 N–H and O–H groups in total. The van der Waals surface area contributed by atoms with Gasteiger partial charge in [0.1, 0.15) is 0 Å². The van der Waals surface area contributed by atoms with Crippen molar-refractivity contribution in [3.8, 4) is 11.1 Å². The number of hydrogen-bond acceptors (Lipinski definition) is 1. The predicted molar refractivity (Wildman–Crippen MR) is 169 cm³/mol. The Hall–Kier alpha value is -4.82. The lowest BCUT2D eigenvalue weighted by Crippen LogP contribution is -2.12. The lowest BCUT2D eigenvalue weighted by Gasteiger charge is -2.21. The van der Waals surface area contributed by atoms with Crippen LogP contribution in [0.3, 0.4) is 0 Å². The molecule has 6 aromatic rings. The Morgan fingerprint density at radius 1 is 0.575 bits per heavy atom. The van der Waals surface area contributed by atoms with E-state index in [2.05, 4.69) is 149 Å². The predicted octanol–water partition coefficient (Wildman–Crippen LogP) is 9.74. The minimum absolute atomic E-state index is 0.314. The van der Waals surface area contributed by atoms with Gasteiger partial charge in [0.05, 0.1) is 6.04 Å². The van der Waals surface area contributed by atoms with Gasteiger partial charge in [-0.2, -0.15) is 0 Å². The number of nitrogens with zero attached hydrogens (tertiary/aromatic N) is 2. The van der Waals surface area contributed by atoms with Crippen LogP contribution in [0.15, 0.2) is 140 Å². The van der Waals surface area contributed by atoms with E-state index in [0.717, 1.165) is 19.4 Å². The summed E-state index contributed by atoms with van der Waals surface area (Å²) in [5, 5.41) is 2.66. The lowest BCUT2D eigenvalue weighted by atomic mass is 9.95. The Morgan fingerprint density at radius 3 is 1.85 bits per heavy atom. The summed E-state index contributed by atoms with van der Waals surface area (Å²) in [7, 11) is 0. The highest BCUT2D eigenvalue weighted by molar-refractivity contribution is 6.08. The number of para-hydroxylation sites is 3. The average molecular weight is 515 g/mol. The molecule has 8 rings (SSSR count). The first kappa shape index (κ1) is 23.1. The van der Waals surface area contributed by atoms with Gasteiger partial charge >= 0.3 is 0 Å². The van der Waals surface area contributed by atoms with Crippen molar-refractivity contribution in [2.45, 2.75) is 18.9 Å². The standard InChI is InChI=1S/C38H30N2/c1-4-10-36-31(7-1)25-26-39(36)32-21-17-29(18-22-32)27-13-15-28(16-14-27)30-19-23-33(24-20-30)40-37-11-5-2-8-34(37)35-9-3-6-12-38(35)40/h1-23,33H,24-26H2. The molecule has 0 spiro atoms. The van der Waals surface area contributed by atoms with E-state index in [-0.39, 0.29) is 0 Å². The topological polar surface area (TPSA) is 8.17 Å². The molecule has 0 bridgehead atoms. The molecular weight excluding hydrogens is 484 g/mol. The second kappa shape index (κ2) is 9.43. The van der Waals surface area contributed by atoms with Gasteiger partial charge in [0.2, 0.25) is 0 Å². The maximum absolute atomic E-state index is 2.50. The smallest absolute Gasteiger partial charge is 0.0560 e. The number of anilines is 2. The number of fused-ring (bicyclic) bond motifs is 4. The van der Waals surface area contributed by atoms with Crippen LogP contribution in [0.4, 0.5) is 11.4 Å². The van der Waals surface area contributed by atoms with E-state index in [1.165, 1.54) is 61.0 Å². The first-order valence-electron chi connectivity index (χ1n) is 14.3. The molecule has 2 heteroatoms. The van der Waals surface area contributed by atoms with Crippen molar-refractivity contribution in [3.05, 3.63) is 151 Å². The van der Waals surface area contributed by atoms with Crippen molar-refractivity contribution >= 4 is 38.8 Å². The van der Waals surface area contributed by atoms with Crippen LogP contribution >= 0.6 is 0 Å². The van der Waals surface area contributed by atoms with Crippen molar-refractivity contribution in [1.29, 1.82) is 0 Å². The highest BCUT2D eigenvalue weighted by Crippen LogP contribution is 2.37. The molecule has 0 saturated carbocycles.